The van der Waals surface area contributed by atoms with Gasteiger partial charge in [0, 0.05) is 6.20 Å². The van der Waals surface area contributed by atoms with Crippen LogP contribution in [0.3, 0.4) is 0 Å². The monoisotopic (exact) mass is 429 g/mol. The lowest BCUT2D eigenvalue weighted by molar-refractivity contribution is -0.126. The van der Waals surface area contributed by atoms with Crippen LogP contribution in [-0.2, 0) is 14.3 Å². The van der Waals surface area contributed by atoms with Crippen LogP contribution >= 0.6 is 11.8 Å². The predicted octanol–water partition coefficient (Wildman–Crippen LogP) is 2.48. The fourth-order valence-corrected chi connectivity index (χ4v) is 3.82. The van der Waals surface area contributed by atoms with Crippen molar-refractivity contribution in [1.29, 1.82) is 0 Å². The van der Waals surface area contributed by atoms with Gasteiger partial charge in [-0.15, -0.1) is 0 Å². The average Bonchev–Trinajstić information content (AvgIpc) is 2.68. The molecule has 2 heterocycles. The largest absolute Gasteiger partial charge is 0.462 e. The van der Waals surface area contributed by atoms with Crippen LogP contribution in [0, 0.1) is 0 Å². The van der Waals surface area contributed by atoms with Crippen LogP contribution in [0.4, 0.5) is 17.2 Å². The highest BCUT2D eigenvalue weighted by atomic mass is 32.2. The maximum absolute atomic E-state index is 13.3. The molecule has 1 aromatic carbocycles. The number of aromatic nitrogens is 2. The van der Waals surface area contributed by atoms with Gasteiger partial charge in [0.05, 0.1) is 23.2 Å². The average molecular weight is 430 g/mol. The second-order valence-electron chi connectivity index (χ2n) is 7.14. The Balaban J connectivity index is 1.84. The molecular weight excluding hydrogens is 406 g/mol. The van der Waals surface area contributed by atoms with E-state index in [1.807, 2.05) is 6.07 Å². The molecule has 1 aliphatic heterocycles. The van der Waals surface area contributed by atoms with Gasteiger partial charge in [-0.2, -0.15) is 0 Å². The van der Waals surface area contributed by atoms with Crippen LogP contribution in [0.2, 0.25) is 0 Å². The smallest absolute Gasteiger partial charge is 0.343 e. The van der Waals surface area contributed by atoms with Gasteiger partial charge >= 0.3 is 5.97 Å². The van der Waals surface area contributed by atoms with E-state index in [9.17, 15) is 14.4 Å². The number of nitrogens with zero attached hydrogens (tertiary/aromatic N) is 3. The SMILES string of the molecule is CCOC(=O)c1cnc(SC(C)C(=O)N2c3ccccc3NC(=O)C2(C)C)nc1N. The molecule has 1 unspecified atom stereocenters. The lowest BCUT2D eigenvalue weighted by Crippen LogP contribution is -2.60. The number of anilines is 3. The zero-order valence-corrected chi connectivity index (χ0v) is 17.9. The third-order valence-corrected chi connectivity index (χ3v) is 5.61. The van der Waals surface area contributed by atoms with Crippen LogP contribution in [0.25, 0.3) is 0 Å². The molecule has 3 rings (SSSR count). The van der Waals surface area contributed by atoms with Gasteiger partial charge < -0.3 is 15.8 Å². The number of benzene rings is 1. The molecule has 158 valence electrons. The number of hydrogen-bond acceptors (Lipinski definition) is 8. The first-order valence-corrected chi connectivity index (χ1v) is 10.3. The molecule has 0 saturated carbocycles. The molecule has 0 aliphatic carbocycles. The summed E-state index contributed by atoms with van der Waals surface area (Å²) in [4.78, 5) is 47.5. The molecule has 0 fully saturated rings. The number of ether oxygens (including phenoxy) is 1. The highest BCUT2D eigenvalue weighted by Gasteiger charge is 2.44. The van der Waals surface area contributed by atoms with Crippen molar-refractivity contribution in [2.75, 3.05) is 22.6 Å². The molecule has 1 atom stereocenters. The summed E-state index contributed by atoms with van der Waals surface area (Å²) in [6.07, 6.45) is 1.29. The number of fused-ring (bicyclic) bond motifs is 1. The number of para-hydroxylation sites is 2. The Morgan fingerprint density at radius 1 is 1.33 bits per heavy atom. The zero-order chi connectivity index (χ0) is 22.1. The van der Waals surface area contributed by atoms with Crippen LogP contribution in [0.1, 0.15) is 38.1 Å². The predicted molar refractivity (Wildman–Crippen MR) is 114 cm³/mol. The minimum absolute atomic E-state index is 0.0198. The Bertz CT molecular complexity index is 1010. The number of nitrogens with one attached hydrogen (secondary N) is 1. The fraction of sp³-hybridized carbons (Fsp3) is 0.350. The van der Waals surface area contributed by atoms with Gasteiger partial charge in [-0.1, -0.05) is 23.9 Å². The molecule has 1 aliphatic rings. The Kier molecular flexibility index (Phi) is 5.97. The number of thioether (sulfide) groups is 1. The molecule has 1 aromatic heterocycles. The Hall–Kier alpha value is -3.14. The normalized spacial score (nSPS) is 15.7. The van der Waals surface area contributed by atoms with Crippen molar-refractivity contribution in [3.05, 3.63) is 36.0 Å². The number of rotatable bonds is 5. The lowest BCUT2D eigenvalue weighted by atomic mass is 9.96. The summed E-state index contributed by atoms with van der Waals surface area (Å²) in [5.74, 6) is -1.17. The third-order valence-electron chi connectivity index (χ3n) is 4.65. The fourth-order valence-electron chi connectivity index (χ4n) is 3.04. The second-order valence-corrected chi connectivity index (χ2v) is 8.44. The minimum Gasteiger partial charge on any atom is -0.462 e. The number of nitrogen functional groups attached to an aromatic ring is 1. The number of nitrogens with two attached hydrogens (primary N) is 1. The maximum atomic E-state index is 13.3. The van der Waals surface area contributed by atoms with Crippen molar-refractivity contribution >= 4 is 46.7 Å². The zero-order valence-electron chi connectivity index (χ0n) is 17.1. The van der Waals surface area contributed by atoms with Gasteiger partial charge in [0.2, 0.25) is 11.8 Å². The van der Waals surface area contributed by atoms with Crippen molar-refractivity contribution in [3.63, 3.8) is 0 Å². The quantitative estimate of drug-likeness (QED) is 0.421. The van der Waals surface area contributed by atoms with Crippen molar-refractivity contribution < 1.29 is 19.1 Å². The van der Waals surface area contributed by atoms with E-state index in [0.717, 1.165) is 11.8 Å². The maximum Gasteiger partial charge on any atom is 0.343 e. The summed E-state index contributed by atoms with van der Waals surface area (Å²) in [5.41, 5.74) is 6.05. The molecule has 2 amide bonds. The topological polar surface area (TPSA) is 128 Å². The summed E-state index contributed by atoms with van der Waals surface area (Å²) in [5, 5.41) is 2.46. The number of carbonyl (C=O) groups is 3. The van der Waals surface area contributed by atoms with Gasteiger partial charge in [0.1, 0.15) is 16.9 Å². The minimum atomic E-state index is -1.08. The van der Waals surface area contributed by atoms with E-state index in [0.29, 0.717) is 11.4 Å². The Morgan fingerprint density at radius 2 is 2.03 bits per heavy atom. The number of esters is 1. The van der Waals surface area contributed by atoms with E-state index in [1.54, 1.807) is 45.9 Å². The summed E-state index contributed by atoms with van der Waals surface area (Å²) < 4.78 is 4.91. The molecule has 0 saturated heterocycles. The Morgan fingerprint density at radius 3 is 2.70 bits per heavy atom. The molecular formula is C20H23N5O4S. The van der Waals surface area contributed by atoms with Gasteiger partial charge in [0.25, 0.3) is 0 Å². The molecule has 0 radical (unpaired) electrons. The second kappa shape index (κ2) is 8.31. The molecule has 30 heavy (non-hydrogen) atoms. The van der Waals surface area contributed by atoms with E-state index in [-0.39, 0.29) is 35.0 Å². The van der Waals surface area contributed by atoms with E-state index in [1.165, 1.54) is 11.1 Å². The molecule has 10 heteroatoms. The Labute approximate surface area is 178 Å². The summed E-state index contributed by atoms with van der Waals surface area (Å²) in [6.45, 7) is 6.98. The highest BCUT2D eigenvalue weighted by Crippen LogP contribution is 2.38. The highest BCUT2D eigenvalue weighted by molar-refractivity contribution is 8.00. The first-order valence-electron chi connectivity index (χ1n) is 9.37. The third kappa shape index (κ3) is 3.95. The van der Waals surface area contributed by atoms with Gasteiger partial charge in [-0.3, -0.25) is 14.5 Å². The van der Waals surface area contributed by atoms with Gasteiger partial charge in [-0.05, 0) is 39.8 Å². The molecule has 3 N–H and O–H groups in total. The van der Waals surface area contributed by atoms with Crippen molar-refractivity contribution in [1.82, 2.24) is 9.97 Å². The van der Waals surface area contributed by atoms with Gasteiger partial charge in [-0.25, -0.2) is 14.8 Å². The van der Waals surface area contributed by atoms with Crippen LogP contribution in [0.5, 0.6) is 0 Å². The first-order chi connectivity index (χ1) is 14.2. The number of carbonyl (C=O) groups excluding carboxylic acids is 3. The van der Waals surface area contributed by atoms with Gasteiger partial charge in [0.15, 0.2) is 5.16 Å². The number of amides is 2. The first kappa shape index (κ1) is 21.6. The van der Waals surface area contributed by atoms with E-state index < -0.39 is 16.8 Å². The van der Waals surface area contributed by atoms with E-state index >= 15 is 0 Å². The standard InChI is InChI=1S/C20H23N5O4S/c1-5-29-17(27)12-10-22-19(24-15(12)21)30-11(2)16(26)25-14-9-7-6-8-13(14)23-18(28)20(25,3)4/h6-11H,5H2,1-4H3,(H,23,28)(H2,21,22,24). The molecule has 9 nitrogen and oxygen atoms in total. The van der Waals surface area contributed by atoms with Crippen molar-refractivity contribution in [2.45, 2.75) is 43.6 Å². The van der Waals surface area contributed by atoms with E-state index in [2.05, 4.69) is 15.3 Å². The summed E-state index contributed by atoms with van der Waals surface area (Å²) >= 11 is 1.09. The van der Waals surface area contributed by atoms with Crippen LogP contribution in [0.15, 0.2) is 35.6 Å². The van der Waals surface area contributed by atoms with E-state index in [4.69, 9.17) is 10.5 Å². The molecule has 0 spiro atoms. The molecule has 2 aromatic rings. The lowest BCUT2D eigenvalue weighted by Gasteiger charge is -2.43. The van der Waals surface area contributed by atoms with Crippen molar-refractivity contribution in [2.24, 2.45) is 0 Å². The number of hydrogen-bond donors (Lipinski definition) is 2. The molecule has 0 bridgehead atoms. The van der Waals surface area contributed by atoms with Crippen LogP contribution < -0.4 is 16.0 Å². The summed E-state index contributed by atoms with van der Waals surface area (Å²) in [7, 11) is 0. The van der Waals surface area contributed by atoms with Crippen molar-refractivity contribution in [3.8, 4) is 0 Å². The van der Waals surface area contributed by atoms with Crippen LogP contribution in [-0.4, -0.2) is 45.1 Å². The summed E-state index contributed by atoms with van der Waals surface area (Å²) in [6, 6.07) is 7.13.